The average molecular weight is 344 g/mol. The zero-order valence-corrected chi connectivity index (χ0v) is 13.9. The number of halogens is 1. The maximum absolute atomic E-state index is 13.6. The van der Waals surface area contributed by atoms with Crippen molar-refractivity contribution in [2.24, 2.45) is 5.73 Å². The molecule has 0 radical (unpaired) electrons. The lowest BCUT2D eigenvalue weighted by Crippen LogP contribution is -2.20. The average Bonchev–Trinajstić information content (AvgIpc) is 3.07. The maximum Gasteiger partial charge on any atom is 0.222 e. The van der Waals surface area contributed by atoms with Crippen molar-refractivity contribution in [1.82, 2.24) is 19.9 Å². The van der Waals surface area contributed by atoms with Gasteiger partial charge < -0.3 is 11.1 Å². The van der Waals surface area contributed by atoms with Gasteiger partial charge in [0.2, 0.25) is 5.95 Å². The fourth-order valence-electron chi connectivity index (χ4n) is 2.18. The fourth-order valence-corrected chi connectivity index (χ4v) is 2.98. The quantitative estimate of drug-likeness (QED) is 0.714. The molecule has 6 nitrogen and oxygen atoms in total. The van der Waals surface area contributed by atoms with Crippen molar-refractivity contribution in [2.75, 3.05) is 5.32 Å². The number of pyridine rings is 1. The van der Waals surface area contributed by atoms with Crippen LogP contribution in [0.4, 0.5) is 10.3 Å². The van der Waals surface area contributed by atoms with Crippen LogP contribution in [0.1, 0.15) is 18.3 Å². The number of nitrogens with zero attached hydrogens (tertiary/aromatic N) is 4. The molecule has 3 heterocycles. The predicted molar refractivity (Wildman–Crippen MR) is 92.0 cm³/mol. The first kappa shape index (κ1) is 16.4. The van der Waals surface area contributed by atoms with Crippen LogP contribution in [0.2, 0.25) is 0 Å². The molecule has 3 N–H and O–H groups in total. The molecule has 3 aromatic rings. The van der Waals surface area contributed by atoms with Gasteiger partial charge in [0.1, 0.15) is 10.8 Å². The van der Waals surface area contributed by atoms with Gasteiger partial charge in [-0.2, -0.15) is 0 Å². The molecule has 0 saturated carbocycles. The molecule has 3 aromatic heterocycles. The molecular formula is C16H17FN6S. The molecule has 24 heavy (non-hydrogen) atoms. The van der Waals surface area contributed by atoms with Crippen molar-refractivity contribution >= 4 is 17.3 Å². The Kier molecular flexibility index (Phi) is 5.07. The highest BCUT2D eigenvalue weighted by Crippen LogP contribution is 2.22. The molecule has 0 aliphatic rings. The summed E-state index contributed by atoms with van der Waals surface area (Å²) in [5, 5.41) is 5.91. The van der Waals surface area contributed by atoms with E-state index in [9.17, 15) is 4.39 Å². The molecule has 1 unspecified atom stereocenters. The van der Waals surface area contributed by atoms with Gasteiger partial charge in [-0.1, -0.05) is 0 Å². The minimum absolute atomic E-state index is 0.0519. The molecule has 0 saturated heterocycles. The summed E-state index contributed by atoms with van der Waals surface area (Å²) in [6.07, 6.45) is 5.45. The molecule has 1 atom stereocenters. The van der Waals surface area contributed by atoms with E-state index in [1.54, 1.807) is 24.7 Å². The van der Waals surface area contributed by atoms with E-state index in [-0.39, 0.29) is 11.9 Å². The molecule has 0 aliphatic heterocycles. The van der Waals surface area contributed by atoms with Crippen LogP contribution in [0.25, 0.3) is 10.6 Å². The molecule has 3 rings (SSSR count). The highest BCUT2D eigenvalue weighted by Gasteiger charge is 2.11. The number of hydrogen-bond donors (Lipinski definition) is 2. The van der Waals surface area contributed by atoms with E-state index in [4.69, 9.17) is 5.73 Å². The monoisotopic (exact) mass is 344 g/mol. The lowest BCUT2D eigenvalue weighted by Gasteiger charge is -2.13. The van der Waals surface area contributed by atoms with Crippen LogP contribution in [-0.4, -0.2) is 26.0 Å². The van der Waals surface area contributed by atoms with Crippen LogP contribution in [0.3, 0.4) is 0 Å². The Hall–Kier alpha value is -2.45. The van der Waals surface area contributed by atoms with Gasteiger partial charge in [0.05, 0.1) is 11.4 Å². The summed E-state index contributed by atoms with van der Waals surface area (Å²) in [4.78, 5) is 17.0. The Morgan fingerprint density at radius 1 is 1.29 bits per heavy atom. The molecule has 0 aliphatic carbocycles. The van der Waals surface area contributed by atoms with Crippen molar-refractivity contribution in [2.45, 2.75) is 25.9 Å². The first-order valence-electron chi connectivity index (χ1n) is 7.48. The zero-order chi connectivity index (χ0) is 16.9. The number of hydrogen-bond acceptors (Lipinski definition) is 7. The molecule has 0 aromatic carbocycles. The van der Waals surface area contributed by atoms with Gasteiger partial charge >= 0.3 is 0 Å². The van der Waals surface area contributed by atoms with E-state index >= 15 is 0 Å². The van der Waals surface area contributed by atoms with E-state index in [1.165, 1.54) is 17.4 Å². The normalized spacial score (nSPS) is 12.1. The van der Waals surface area contributed by atoms with Crippen molar-refractivity contribution in [1.29, 1.82) is 0 Å². The van der Waals surface area contributed by atoms with Gasteiger partial charge in [-0.15, -0.1) is 11.3 Å². The van der Waals surface area contributed by atoms with Gasteiger partial charge in [-0.05, 0) is 19.1 Å². The number of aromatic nitrogens is 4. The van der Waals surface area contributed by atoms with Gasteiger partial charge in [-0.3, -0.25) is 4.98 Å². The molecule has 0 spiro atoms. The topological polar surface area (TPSA) is 89.6 Å². The number of rotatable bonds is 6. The van der Waals surface area contributed by atoms with Crippen molar-refractivity contribution < 1.29 is 4.39 Å². The Morgan fingerprint density at radius 2 is 2.08 bits per heavy atom. The maximum atomic E-state index is 13.6. The second kappa shape index (κ2) is 7.41. The first-order valence-corrected chi connectivity index (χ1v) is 8.36. The van der Waals surface area contributed by atoms with Gasteiger partial charge in [0, 0.05) is 48.5 Å². The Bertz CT molecular complexity index is 804. The summed E-state index contributed by atoms with van der Waals surface area (Å²) in [6.45, 7) is 2.35. The first-order chi connectivity index (χ1) is 11.7. The fraction of sp³-hybridized carbons (Fsp3) is 0.250. The predicted octanol–water partition coefficient (Wildman–Crippen LogP) is 2.64. The molecule has 0 fully saturated rings. The Balaban J connectivity index is 1.64. The van der Waals surface area contributed by atoms with E-state index < -0.39 is 0 Å². The van der Waals surface area contributed by atoms with Gasteiger partial charge in [0.15, 0.2) is 0 Å². The van der Waals surface area contributed by atoms with Gasteiger partial charge in [0.25, 0.3) is 0 Å². The Labute approximate surface area is 143 Å². The van der Waals surface area contributed by atoms with Crippen LogP contribution in [0.15, 0.2) is 36.1 Å². The standard InChI is InChI=1S/C16H17FN6S/c1-10(5-14-13(17)3-2-4-19-14)22-16-20-7-11(8-21-16)15-23-12(6-18)9-24-15/h2-4,7-10H,5-6,18H2,1H3,(H,20,21,22). The van der Waals surface area contributed by atoms with Crippen LogP contribution >= 0.6 is 11.3 Å². The molecule has 0 amide bonds. The van der Waals surface area contributed by atoms with Crippen LogP contribution in [-0.2, 0) is 13.0 Å². The third kappa shape index (κ3) is 3.90. The SMILES string of the molecule is CC(Cc1ncccc1F)Nc1ncc(-c2nc(CN)cs2)cn1. The van der Waals surface area contributed by atoms with E-state index in [0.717, 1.165) is 16.3 Å². The lowest BCUT2D eigenvalue weighted by molar-refractivity contribution is 0.588. The summed E-state index contributed by atoms with van der Waals surface area (Å²) in [5.41, 5.74) is 7.68. The highest BCUT2D eigenvalue weighted by molar-refractivity contribution is 7.13. The molecule has 8 heteroatoms. The zero-order valence-electron chi connectivity index (χ0n) is 13.1. The van der Waals surface area contributed by atoms with Crippen LogP contribution in [0.5, 0.6) is 0 Å². The van der Waals surface area contributed by atoms with Crippen molar-refractivity contribution in [3.63, 3.8) is 0 Å². The number of nitrogens with one attached hydrogen (secondary N) is 1. The number of nitrogens with two attached hydrogens (primary N) is 1. The largest absolute Gasteiger partial charge is 0.351 e. The molecular weight excluding hydrogens is 327 g/mol. The minimum atomic E-state index is -0.304. The van der Waals surface area contributed by atoms with Gasteiger partial charge in [-0.25, -0.2) is 19.3 Å². The summed E-state index contributed by atoms with van der Waals surface area (Å²) in [5.74, 6) is 0.181. The highest BCUT2D eigenvalue weighted by atomic mass is 32.1. The second-order valence-electron chi connectivity index (χ2n) is 5.32. The number of anilines is 1. The molecule has 124 valence electrons. The minimum Gasteiger partial charge on any atom is -0.351 e. The van der Waals surface area contributed by atoms with Crippen LogP contribution in [0, 0.1) is 5.82 Å². The summed E-state index contributed by atoms with van der Waals surface area (Å²) in [6, 6.07) is 2.93. The van der Waals surface area contributed by atoms with E-state index in [0.29, 0.717) is 24.6 Å². The van der Waals surface area contributed by atoms with Crippen molar-refractivity contribution in [3.05, 3.63) is 53.3 Å². The lowest BCUT2D eigenvalue weighted by atomic mass is 10.1. The van der Waals surface area contributed by atoms with Crippen molar-refractivity contribution in [3.8, 4) is 10.6 Å². The summed E-state index contributed by atoms with van der Waals surface area (Å²) in [7, 11) is 0. The molecule has 0 bridgehead atoms. The van der Waals surface area contributed by atoms with E-state index in [1.807, 2.05) is 12.3 Å². The Morgan fingerprint density at radius 3 is 2.75 bits per heavy atom. The van der Waals surface area contributed by atoms with E-state index in [2.05, 4.69) is 25.3 Å². The smallest absolute Gasteiger partial charge is 0.222 e. The summed E-state index contributed by atoms with van der Waals surface area (Å²) >= 11 is 1.51. The second-order valence-corrected chi connectivity index (χ2v) is 6.18. The number of thiazole rings is 1. The third-order valence-electron chi connectivity index (χ3n) is 3.37. The van der Waals surface area contributed by atoms with Crippen LogP contribution < -0.4 is 11.1 Å². The third-order valence-corrected chi connectivity index (χ3v) is 4.31. The summed E-state index contributed by atoms with van der Waals surface area (Å²) < 4.78 is 13.6.